The average Bonchev–Trinajstić information content (AvgIpc) is 2.76. The summed E-state index contributed by atoms with van der Waals surface area (Å²) in [6.45, 7) is 4.60. The molecule has 1 saturated carbocycles. The molecule has 0 bridgehead atoms. The van der Waals surface area contributed by atoms with Crippen molar-refractivity contribution in [1.29, 1.82) is 0 Å². The number of nitro benzene ring substituents is 1. The minimum absolute atomic E-state index is 0.156. The largest absolute Gasteiger partial charge is 0.379 e. The summed E-state index contributed by atoms with van der Waals surface area (Å²) >= 11 is 0. The van der Waals surface area contributed by atoms with Crippen LogP contribution in [-0.4, -0.2) is 63.7 Å². The van der Waals surface area contributed by atoms with Gasteiger partial charge in [0.1, 0.15) is 5.69 Å². The summed E-state index contributed by atoms with van der Waals surface area (Å²) < 4.78 is 28.8. The number of hydrogen-bond donors (Lipinski definition) is 1. The highest BCUT2D eigenvalue weighted by Crippen LogP contribution is 2.42. The van der Waals surface area contributed by atoms with Gasteiger partial charge < -0.3 is 9.64 Å². The molecule has 1 aliphatic carbocycles. The van der Waals surface area contributed by atoms with Gasteiger partial charge in [-0.2, -0.15) is 0 Å². The number of ether oxygens (including phenoxy) is 1. The van der Waals surface area contributed by atoms with Crippen molar-refractivity contribution < 1.29 is 18.1 Å². The lowest BCUT2D eigenvalue weighted by Gasteiger charge is -2.46. The molecule has 31 heavy (non-hydrogen) atoms. The number of sulfonamides is 1. The Kier molecular flexibility index (Phi) is 7.90. The molecule has 10 heteroatoms. The Morgan fingerprint density at radius 2 is 1.87 bits per heavy atom. The quantitative estimate of drug-likeness (QED) is 0.346. The van der Waals surface area contributed by atoms with Crippen molar-refractivity contribution in [3.05, 3.63) is 28.3 Å². The molecule has 3 rings (SSSR count). The lowest BCUT2D eigenvalue weighted by atomic mass is 9.76. The van der Waals surface area contributed by atoms with Crippen LogP contribution in [0.3, 0.4) is 0 Å². The summed E-state index contributed by atoms with van der Waals surface area (Å²) in [5.41, 5.74) is 0.0803. The Morgan fingerprint density at radius 3 is 2.48 bits per heavy atom. The molecule has 0 amide bonds. The van der Waals surface area contributed by atoms with Crippen LogP contribution in [0.4, 0.5) is 11.4 Å². The van der Waals surface area contributed by atoms with Gasteiger partial charge in [-0.15, -0.1) is 0 Å². The third-order valence-corrected chi connectivity index (χ3v) is 7.71. The predicted octanol–water partition coefficient (Wildman–Crippen LogP) is 2.88. The molecule has 1 heterocycles. The van der Waals surface area contributed by atoms with E-state index in [1.54, 1.807) is 0 Å². The average molecular weight is 455 g/mol. The zero-order chi connectivity index (χ0) is 22.5. The zero-order valence-corrected chi connectivity index (χ0v) is 19.1. The van der Waals surface area contributed by atoms with Crippen molar-refractivity contribution in [3.8, 4) is 0 Å². The molecule has 1 aromatic carbocycles. The first kappa shape index (κ1) is 23.9. The number of nitrogens with two attached hydrogens (primary N) is 1. The van der Waals surface area contributed by atoms with E-state index < -0.39 is 14.9 Å². The van der Waals surface area contributed by atoms with Gasteiger partial charge in [-0.25, -0.2) is 13.6 Å². The summed E-state index contributed by atoms with van der Waals surface area (Å²) in [6, 6.07) is 3.97. The van der Waals surface area contributed by atoms with Crippen molar-refractivity contribution in [2.24, 2.45) is 5.14 Å². The molecule has 1 saturated heterocycles. The van der Waals surface area contributed by atoms with Gasteiger partial charge in [0.2, 0.25) is 10.0 Å². The van der Waals surface area contributed by atoms with Crippen LogP contribution in [0.1, 0.15) is 51.4 Å². The molecule has 9 nitrogen and oxygen atoms in total. The number of morpholine rings is 1. The fourth-order valence-corrected chi connectivity index (χ4v) is 5.48. The first-order valence-corrected chi connectivity index (χ1v) is 12.6. The Bertz CT molecular complexity index is 865. The van der Waals surface area contributed by atoms with Crippen LogP contribution in [0, 0.1) is 10.1 Å². The van der Waals surface area contributed by atoms with E-state index in [4.69, 9.17) is 9.88 Å². The van der Waals surface area contributed by atoms with E-state index in [0.29, 0.717) is 5.69 Å². The van der Waals surface area contributed by atoms with Crippen molar-refractivity contribution in [2.75, 3.05) is 44.8 Å². The molecule has 174 valence electrons. The minimum atomic E-state index is -4.01. The van der Waals surface area contributed by atoms with Gasteiger partial charge in [0, 0.05) is 31.7 Å². The molecule has 1 aliphatic heterocycles. The smallest absolute Gasteiger partial charge is 0.293 e. The van der Waals surface area contributed by atoms with Gasteiger partial charge >= 0.3 is 0 Å². The zero-order valence-electron chi connectivity index (χ0n) is 18.3. The number of benzene rings is 1. The summed E-state index contributed by atoms with van der Waals surface area (Å²) in [6.07, 6.45) is 8.42. The highest BCUT2D eigenvalue weighted by molar-refractivity contribution is 7.89. The molecule has 0 atom stereocenters. The van der Waals surface area contributed by atoms with E-state index in [2.05, 4.69) is 4.90 Å². The summed E-state index contributed by atoms with van der Waals surface area (Å²) in [7, 11) is -2.10. The summed E-state index contributed by atoms with van der Waals surface area (Å²) in [4.78, 5) is 15.5. The van der Waals surface area contributed by atoms with Crippen LogP contribution in [0.25, 0.3) is 0 Å². The SMILES string of the molecule is CN(c1ccc(S(N)(=O)=O)cc1[N+](=O)[O-])C1(CCCCN2CCOCC2)CCCCC1. The maximum absolute atomic E-state index is 11.8. The first-order chi connectivity index (χ1) is 14.7. The third-order valence-electron chi connectivity index (χ3n) is 6.80. The van der Waals surface area contributed by atoms with E-state index in [9.17, 15) is 18.5 Å². The fourth-order valence-electron chi connectivity index (χ4n) is 4.94. The molecule has 0 spiro atoms. The van der Waals surface area contributed by atoms with Crippen molar-refractivity contribution in [2.45, 2.75) is 61.8 Å². The Labute approximate surface area is 184 Å². The van der Waals surface area contributed by atoms with Crippen LogP contribution >= 0.6 is 0 Å². The number of nitro groups is 1. The van der Waals surface area contributed by atoms with Gasteiger partial charge in [-0.1, -0.05) is 19.3 Å². The molecular formula is C21H34N4O5S. The Balaban J connectivity index is 1.77. The predicted molar refractivity (Wildman–Crippen MR) is 120 cm³/mol. The maximum Gasteiger partial charge on any atom is 0.293 e. The molecule has 0 unspecified atom stereocenters. The van der Waals surface area contributed by atoms with Gasteiger partial charge in [0.25, 0.3) is 5.69 Å². The van der Waals surface area contributed by atoms with E-state index in [1.807, 2.05) is 11.9 Å². The number of hydrogen-bond acceptors (Lipinski definition) is 7. The molecule has 1 aromatic rings. The van der Waals surface area contributed by atoms with Gasteiger partial charge in [0.15, 0.2) is 0 Å². The minimum Gasteiger partial charge on any atom is -0.379 e. The topological polar surface area (TPSA) is 119 Å². The molecule has 2 fully saturated rings. The summed E-state index contributed by atoms with van der Waals surface area (Å²) in [5, 5.41) is 16.9. The van der Waals surface area contributed by atoms with Gasteiger partial charge in [-0.3, -0.25) is 15.0 Å². The number of anilines is 1. The van der Waals surface area contributed by atoms with Crippen LogP contribution in [-0.2, 0) is 14.8 Å². The molecule has 2 N–H and O–H groups in total. The lowest BCUT2D eigenvalue weighted by molar-refractivity contribution is -0.384. The van der Waals surface area contributed by atoms with Crippen LogP contribution in [0.15, 0.2) is 23.1 Å². The second-order valence-corrected chi connectivity index (χ2v) is 10.3. The third kappa shape index (κ3) is 5.94. The highest BCUT2D eigenvalue weighted by atomic mass is 32.2. The van der Waals surface area contributed by atoms with Crippen LogP contribution < -0.4 is 10.0 Å². The van der Waals surface area contributed by atoms with Crippen LogP contribution in [0.2, 0.25) is 0 Å². The number of primary sulfonamides is 1. The molecule has 0 radical (unpaired) electrons. The van der Waals surface area contributed by atoms with Crippen molar-refractivity contribution in [1.82, 2.24) is 4.90 Å². The lowest BCUT2D eigenvalue weighted by Crippen LogP contribution is -2.48. The Hall–Kier alpha value is -1.75. The van der Waals surface area contributed by atoms with Crippen molar-refractivity contribution >= 4 is 21.4 Å². The fraction of sp³-hybridized carbons (Fsp3) is 0.714. The standard InChI is InChI=1S/C21H34N4O5S/c1-23(19-8-7-18(31(22,28)29)17-20(19)25(26)27)21(9-3-2-4-10-21)11-5-6-12-24-13-15-30-16-14-24/h7-8,17H,2-6,9-16H2,1H3,(H2,22,28,29). The number of unbranched alkanes of at least 4 members (excludes halogenated alkanes) is 1. The first-order valence-electron chi connectivity index (χ1n) is 11.1. The normalized spacial score (nSPS) is 19.8. The highest BCUT2D eigenvalue weighted by Gasteiger charge is 2.38. The number of nitrogens with zero attached hydrogens (tertiary/aromatic N) is 3. The van der Waals surface area contributed by atoms with E-state index >= 15 is 0 Å². The van der Waals surface area contributed by atoms with E-state index in [0.717, 1.165) is 83.9 Å². The van der Waals surface area contributed by atoms with E-state index in [1.165, 1.54) is 18.6 Å². The van der Waals surface area contributed by atoms with Crippen molar-refractivity contribution in [3.63, 3.8) is 0 Å². The molecule has 0 aromatic heterocycles. The molecule has 2 aliphatic rings. The monoisotopic (exact) mass is 454 g/mol. The van der Waals surface area contributed by atoms with Gasteiger partial charge in [0.05, 0.1) is 23.0 Å². The van der Waals surface area contributed by atoms with E-state index in [-0.39, 0.29) is 16.1 Å². The molecular weight excluding hydrogens is 420 g/mol. The Morgan fingerprint density at radius 1 is 1.19 bits per heavy atom. The van der Waals surface area contributed by atoms with Crippen LogP contribution in [0.5, 0.6) is 0 Å². The maximum atomic E-state index is 11.8. The second kappa shape index (κ2) is 10.2. The number of rotatable bonds is 9. The summed E-state index contributed by atoms with van der Waals surface area (Å²) in [5.74, 6) is 0. The van der Waals surface area contributed by atoms with Gasteiger partial charge in [-0.05, 0) is 50.8 Å². The second-order valence-electron chi connectivity index (χ2n) is 8.71.